The van der Waals surface area contributed by atoms with Crippen LogP contribution in [0.4, 0.5) is 5.69 Å². The summed E-state index contributed by atoms with van der Waals surface area (Å²) in [5.41, 5.74) is 1.90. The van der Waals surface area contributed by atoms with Gasteiger partial charge in [0.25, 0.3) is 0 Å². The predicted octanol–water partition coefficient (Wildman–Crippen LogP) is 1.94. The van der Waals surface area contributed by atoms with Crippen LogP contribution < -0.4 is 15.4 Å². The maximum absolute atomic E-state index is 12.0. The summed E-state index contributed by atoms with van der Waals surface area (Å²) in [6, 6.07) is 5.74. The molecule has 0 aliphatic carbocycles. The highest BCUT2D eigenvalue weighted by atomic mass is 16.5. The van der Waals surface area contributed by atoms with Gasteiger partial charge in [-0.1, -0.05) is 0 Å². The molecule has 1 aliphatic heterocycles. The minimum absolute atomic E-state index is 0.0935. The van der Waals surface area contributed by atoms with Gasteiger partial charge >= 0.3 is 0 Å². The highest BCUT2D eigenvalue weighted by molar-refractivity contribution is 5.93. The number of ether oxygens (including phenoxy) is 1. The van der Waals surface area contributed by atoms with E-state index in [0.29, 0.717) is 6.61 Å². The van der Waals surface area contributed by atoms with Crippen molar-refractivity contribution in [3.05, 3.63) is 23.8 Å². The van der Waals surface area contributed by atoms with E-state index in [1.54, 1.807) is 0 Å². The van der Waals surface area contributed by atoms with E-state index in [4.69, 9.17) is 4.74 Å². The summed E-state index contributed by atoms with van der Waals surface area (Å²) in [5.74, 6) is 1.04. The third-order valence-corrected chi connectivity index (χ3v) is 3.20. The third-order valence-electron chi connectivity index (χ3n) is 3.20. The summed E-state index contributed by atoms with van der Waals surface area (Å²) in [5, 5.41) is 6.19. The van der Waals surface area contributed by atoms with Crippen LogP contribution in [0.1, 0.15) is 18.9 Å². The molecule has 0 bridgehead atoms. The van der Waals surface area contributed by atoms with Gasteiger partial charge in [0.1, 0.15) is 5.75 Å². The van der Waals surface area contributed by atoms with Gasteiger partial charge in [-0.15, -0.1) is 0 Å². The van der Waals surface area contributed by atoms with Crippen LogP contribution in [0.2, 0.25) is 0 Å². The Morgan fingerprint density at radius 3 is 3.00 bits per heavy atom. The van der Waals surface area contributed by atoms with Crippen LogP contribution in [0.5, 0.6) is 5.75 Å². The number of aryl methyl sites for hydroxylation is 1. The standard InChI is InChI=1S/C14H20N2O2/c1-3-18-12-4-5-13(10(2)8-12)16-14(17)11-6-7-15-9-11/h4-5,8,11,15H,3,6-7,9H2,1-2H3,(H,16,17). The van der Waals surface area contributed by atoms with Crippen molar-refractivity contribution < 1.29 is 9.53 Å². The number of amides is 1. The average molecular weight is 248 g/mol. The molecule has 1 fully saturated rings. The molecule has 1 heterocycles. The van der Waals surface area contributed by atoms with E-state index in [0.717, 1.165) is 36.5 Å². The Labute approximate surface area is 108 Å². The summed E-state index contributed by atoms with van der Waals surface area (Å²) in [4.78, 5) is 12.0. The second-order valence-corrected chi connectivity index (χ2v) is 4.59. The Morgan fingerprint density at radius 2 is 2.39 bits per heavy atom. The van der Waals surface area contributed by atoms with Gasteiger partial charge in [-0.2, -0.15) is 0 Å². The normalized spacial score (nSPS) is 18.7. The largest absolute Gasteiger partial charge is 0.494 e. The van der Waals surface area contributed by atoms with Crippen LogP contribution in [0, 0.1) is 12.8 Å². The zero-order chi connectivity index (χ0) is 13.0. The maximum Gasteiger partial charge on any atom is 0.228 e. The van der Waals surface area contributed by atoms with Crippen molar-refractivity contribution in [3.63, 3.8) is 0 Å². The molecule has 2 rings (SSSR count). The van der Waals surface area contributed by atoms with Crippen molar-refractivity contribution in [2.75, 3.05) is 25.0 Å². The van der Waals surface area contributed by atoms with Gasteiger partial charge in [0.2, 0.25) is 5.91 Å². The molecule has 1 unspecified atom stereocenters. The Hall–Kier alpha value is -1.55. The molecule has 1 aliphatic rings. The average Bonchev–Trinajstić information content (AvgIpc) is 2.86. The second-order valence-electron chi connectivity index (χ2n) is 4.59. The lowest BCUT2D eigenvalue weighted by molar-refractivity contribution is -0.119. The number of nitrogens with one attached hydrogen (secondary N) is 2. The van der Waals surface area contributed by atoms with E-state index in [9.17, 15) is 4.79 Å². The predicted molar refractivity (Wildman–Crippen MR) is 72.0 cm³/mol. The second kappa shape index (κ2) is 5.87. The number of anilines is 1. The van der Waals surface area contributed by atoms with Crippen molar-refractivity contribution in [2.45, 2.75) is 20.3 Å². The maximum atomic E-state index is 12.0. The molecule has 4 heteroatoms. The Kier molecular flexibility index (Phi) is 4.20. The molecule has 1 aromatic rings. The summed E-state index contributed by atoms with van der Waals surface area (Å²) in [6.45, 7) is 6.30. The highest BCUT2D eigenvalue weighted by Crippen LogP contribution is 2.22. The van der Waals surface area contributed by atoms with Gasteiger partial charge in [0.15, 0.2) is 0 Å². The fraction of sp³-hybridized carbons (Fsp3) is 0.500. The molecule has 0 radical (unpaired) electrons. The van der Waals surface area contributed by atoms with Crippen LogP contribution in [0.25, 0.3) is 0 Å². The lowest BCUT2D eigenvalue weighted by atomic mass is 10.1. The van der Waals surface area contributed by atoms with E-state index in [1.807, 2.05) is 32.0 Å². The van der Waals surface area contributed by atoms with Crippen LogP contribution in [-0.2, 0) is 4.79 Å². The summed E-state index contributed by atoms with van der Waals surface area (Å²) in [7, 11) is 0. The number of benzene rings is 1. The molecular formula is C14H20N2O2. The Morgan fingerprint density at radius 1 is 1.56 bits per heavy atom. The lowest BCUT2D eigenvalue weighted by Gasteiger charge is -2.13. The highest BCUT2D eigenvalue weighted by Gasteiger charge is 2.22. The first-order valence-corrected chi connectivity index (χ1v) is 6.45. The van der Waals surface area contributed by atoms with Crippen molar-refractivity contribution >= 4 is 11.6 Å². The van der Waals surface area contributed by atoms with Gasteiger partial charge in [0, 0.05) is 12.2 Å². The zero-order valence-electron chi connectivity index (χ0n) is 11.0. The first-order chi connectivity index (χ1) is 8.70. The molecule has 2 N–H and O–H groups in total. The molecule has 0 spiro atoms. The summed E-state index contributed by atoms with van der Waals surface area (Å²) in [6.07, 6.45) is 0.919. The number of carbonyl (C=O) groups excluding carboxylic acids is 1. The fourth-order valence-corrected chi connectivity index (χ4v) is 2.15. The number of hydrogen-bond donors (Lipinski definition) is 2. The van der Waals surface area contributed by atoms with E-state index in [2.05, 4.69) is 10.6 Å². The van der Waals surface area contributed by atoms with Crippen molar-refractivity contribution in [2.24, 2.45) is 5.92 Å². The lowest BCUT2D eigenvalue weighted by Crippen LogP contribution is -2.24. The summed E-state index contributed by atoms with van der Waals surface area (Å²) < 4.78 is 5.42. The smallest absolute Gasteiger partial charge is 0.228 e. The molecule has 98 valence electrons. The zero-order valence-corrected chi connectivity index (χ0v) is 11.0. The first kappa shape index (κ1) is 12.9. The minimum Gasteiger partial charge on any atom is -0.494 e. The molecule has 18 heavy (non-hydrogen) atoms. The quantitative estimate of drug-likeness (QED) is 0.856. The van der Waals surface area contributed by atoms with Gasteiger partial charge in [-0.3, -0.25) is 4.79 Å². The van der Waals surface area contributed by atoms with Gasteiger partial charge in [-0.25, -0.2) is 0 Å². The van der Waals surface area contributed by atoms with E-state index < -0.39 is 0 Å². The van der Waals surface area contributed by atoms with E-state index >= 15 is 0 Å². The number of carbonyl (C=O) groups is 1. The SMILES string of the molecule is CCOc1ccc(NC(=O)C2CCNC2)c(C)c1. The van der Waals surface area contributed by atoms with Crippen molar-refractivity contribution in [1.29, 1.82) is 0 Å². The van der Waals surface area contributed by atoms with Gasteiger partial charge in [0.05, 0.1) is 12.5 Å². The van der Waals surface area contributed by atoms with Crippen molar-refractivity contribution in [3.8, 4) is 5.75 Å². The Balaban J connectivity index is 2.02. The van der Waals surface area contributed by atoms with Crippen LogP contribution in [0.3, 0.4) is 0 Å². The van der Waals surface area contributed by atoms with E-state index in [1.165, 1.54) is 0 Å². The Bertz CT molecular complexity index is 426. The number of rotatable bonds is 4. The third kappa shape index (κ3) is 3.01. The molecule has 0 aromatic heterocycles. The van der Waals surface area contributed by atoms with Crippen molar-refractivity contribution in [1.82, 2.24) is 5.32 Å². The van der Waals surface area contributed by atoms with Crippen LogP contribution >= 0.6 is 0 Å². The number of hydrogen-bond acceptors (Lipinski definition) is 3. The van der Waals surface area contributed by atoms with Gasteiger partial charge in [-0.05, 0) is 50.6 Å². The molecule has 1 saturated heterocycles. The molecule has 1 atom stereocenters. The fourth-order valence-electron chi connectivity index (χ4n) is 2.15. The topological polar surface area (TPSA) is 50.4 Å². The molecule has 1 amide bonds. The minimum atomic E-state index is 0.0935. The molecule has 1 aromatic carbocycles. The van der Waals surface area contributed by atoms with E-state index in [-0.39, 0.29) is 11.8 Å². The molecular weight excluding hydrogens is 228 g/mol. The monoisotopic (exact) mass is 248 g/mol. The van der Waals surface area contributed by atoms with Crippen LogP contribution in [0.15, 0.2) is 18.2 Å². The molecule has 4 nitrogen and oxygen atoms in total. The van der Waals surface area contributed by atoms with Crippen LogP contribution in [-0.4, -0.2) is 25.6 Å². The van der Waals surface area contributed by atoms with Gasteiger partial charge < -0.3 is 15.4 Å². The summed E-state index contributed by atoms with van der Waals surface area (Å²) >= 11 is 0. The first-order valence-electron chi connectivity index (χ1n) is 6.45. The molecule has 0 saturated carbocycles.